The third-order valence-corrected chi connectivity index (χ3v) is 4.12. The van der Waals surface area contributed by atoms with E-state index in [1.54, 1.807) is 24.3 Å². The lowest BCUT2D eigenvalue weighted by molar-refractivity contribution is -0.141. The summed E-state index contributed by atoms with van der Waals surface area (Å²) in [5.41, 5.74) is 0. The number of hydrogen-bond acceptors (Lipinski definition) is 4. The SMILES string of the molecule is Cc1ccc(C2C(C)C(=O)C(=O)N2CCCn2ccnc2)o1. The van der Waals surface area contributed by atoms with Crippen LogP contribution in [0, 0.1) is 12.8 Å². The number of amides is 1. The molecule has 3 heterocycles. The Morgan fingerprint density at radius 2 is 2.09 bits per heavy atom. The second-order valence-corrected chi connectivity index (χ2v) is 5.70. The maximum absolute atomic E-state index is 12.2. The van der Waals surface area contributed by atoms with Gasteiger partial charge in [-0.1, -0.05) is 6.92 Å². The van der Waals surface area contributed by atoms with Crippen molar-refractivity contribution in [3.63, 3.8) is 0 Å². The molecule has 1 amide bonds. The third kappa shape index (κ3) is 2.56. The summed E-state index contributed by atoms with van der Waals surface area (Å²) in [5, 5.41) is 0. The molecule has 2 unspecified atom stereocenters. The van der Waals surface area contributed by atoms with Gasteiger partial charge in [0.05, 0.1) is 12.2 Å². The number of carbonyl (C=O) groups excluding carboxylic acids is 2. The molecule has 1 aliphatic heterocycles. The Labute approximate surface area is 128 Å². The van der Waals surface area contributed by atoms with Crippen LogP contribution in [-0.4, -0.2) is 32.7 Å². The third-order valence-electron chi connectivity index (χ3n) is 4.12. The number of furan rings is 1. The van der Waals surface area contributed by atoms with Crippen molar-refractivity contribution in [3.05, 3.63) is 42.4 Å². The van der Waals surface area contributed by atoms with Crippen molar-refractivity contribution in [2.45, 2.75) is 32.9 Å². The zero-order chi connectivity index (χ0) is 15.7. The highest BCUT2D eigenvalue weighted by Gasteiger charge is 2.46. The van der Waals surface area contributed by atoms with E-state index in [1.807, 2.05) is 29.8 Å². The van der Waals surface area contributed by atoms with Crippen molar-refractivity contribution < 1.29 is 14.0 Å². The van der Waals surface area contributed by atoms with Crippen LogP contribution in [-0.2, 0) is 16.1 Å². The zero-order valence-corrected chi connectivity index (χ0v) is 12.7. The molecule has 0 aliphatic carbocycles. The summed E-state index contributed by atoms with van der Waals surface area (Å²) in [6.45, 7) is 4.93. The first-order valence-electron chi connectivity index (χ1n) is 7.45. The molecule has 0 spiro atoms. The van der Waals surface area contributed by atoms with Crippen LogP contribution in [0.2, 0.25) is 0 Å². The molecule has 2 aromatic rings. The minimum absolute atomic E-state index is 0.295. The first-order chi connectivity index (χ1) is 10.6. The molecule has 0 saturated carbocycles. The molecular formula is C16H19N3O3. The monoisotopic (exact) mass is 301 g/mol. The van der Waals surface area contributed by atoms with Gasteiger partial charge in [0.2, 0.25) is 5.78 Å². The van der Waals surface area contributed by atoms with E-state index >= 15 is 0 Å². The first kappa shape index (κ1) is 14.6. The van der Waals surface area contributed by atoms with Gasteiger partial charge in [-0.05, 0) is 25.5 Å². The summed E-state index contributed by atoms with van der Waals surface area (Å²) in [7, 11) is 0. The molecule has 1 aliphatic rings. The number of carbonyl (C=O) groups is 2. The standard InChI is InChI=1S/C16H19N3O3/c1-11-4-5-13(22-11)14-12(2)15(20)16(21)19(14)8-3-7-18-9-6-17-10-18/h4-6,9-10,12,14H,3,7-8H2,1-2H3. The molecule has 6 heteroatoms. The van der Waals surface area contributed by atoms with Gasteiger partial charge in [0.15, 0.2) is 0 Å². The maximum Gasteiger partial charge on any atom is 0.290 e. The lowest BCUT2D eigenvalue weighted by Gasteiger charge is -2.24. The van der Waals surface area contributed by atoms with Crippen molar-refractivity contribution in [2.75, 3.05) is 6.54 Å². The molecule has 0 N–H and O–H groups in total. The molecule has 116 valence electrons. The Bertz CT molecular complexity index is 675. The molecule has 2 aromatic heterocycles. The molecular weight excluding hydrogens is 282 g/mol. The molecule has 0 bridgehead atoms. The highest BCUT2D eigenvalue weighted by atomic mass is 16.3. The van der Waals surface area contributed by atoms with E-state index in [-0.39, 0.29) is 17.7 Å². The Morgan fingerprint density at radius 3 is 2.73 bits per heavy atom. The van der Waals surface area contributed by atoms with Crippen molar-refractivity contribution in [1.29, 1.82) is 0 Å². The van der Waals surface area contributed by atoms with E-state index in [1.165, 1.54) is 0 Å². The van der Waals surface area contributed by atoms with E-state index in [9.17, 15) is 9.59 Å². The predicted octanol–water partition coefficient (Wildman–Crippen LogP) is 1.96. The van der Waals surface area contributed by atoms with E-state index in [0.29, 0.717) is 12.3 Å². The second kappa shape index (κ2) is 5.79. The highest BCUT2D eigenvalue weighted by Crippen LogP contribution is 2.36. The van der Waals surface area contributed by atoms with Gasteiger partial charge < -0.3 is 13.9 Å². The van der Waals surface area contributed by atoms with Crippen LogP contribution in [0.3, 0.4) is 0 Å². The van der Waals surface area contributed by atoms with E-state index in [4.69, 9.17) is 4.42 Å². The van der Waals surface area contributed by atoms with Crippen LogP contribution in [0.1, 0.15) is 30.9 Å². The van der Waals surface area contributed by atoms with Gasteiger partial charge in [-0.25, -0.2) is 4.98 Å². The predicted molar refractivity (Wildman–Crippen MR) is 78.9 cm³/mol. The minimum atomic E-state index is -0.405. The van der Waals surface area contributed by atoms with Gasteiger partial charge >= 0.3 is 0 Å². The Kier molecular flexibility index (Phi) is 3.83. The first-order valence-corrected chi connectivity index (χ1v) is 7.45. The Hall–Kier alpha value is -2.37. The number of aryl methyl sites for hydroxylation is 2. The van der Waals surface area contributed by atoms with Crippen LogP contribution in [0.4, 0.5) is 0 Å². The smallest absolute Gasteiger partial charge is 0.290 e. The Balaban J connectivity index is 1.74. The molecule has 1 fully saturated rings. The number of aromatic nitrogens is 2. The van der Waals surface area contributed by atoms with Gasteiger partial charge in [0.25, 0.3) is 5.91 Å². The molecule has 6 nitrogen and oxygen atoms in total. The van der Waals surface area contributed by atoms with Gasteiger partial charge in [-0.2, -0.15) is 0 Å². The number of likely N-dealkylation sites (tertiary alicyclic amines) is 1. The molecule has 0 radical (unpaired) electrons. The van der Waals surface area contributed by atoms with E-state index in [0.717, 1.165) is 18.7 Å². The molecule has 2 atom stereocenters. The van der Waals surface area contributed by atoms with Gasteiger partial charge in [-0.15, -0.1) is 0 Å². The van der Waals surface area contributed by atoms with Gasteiger partial charge in [0, 0.05) is 25.5 Å². The van der Waals surface area contributed by atoms with Gasteiger partial charge in [-0.3, -0.25) is 9.59 Å². The number of rotatable bonds is 5. The summed E-state index contributed by atoms with van der Waals surface area (Å²) < 4.78 is 7.61. The fraction of sp³-hybridized carbons (Fsp3) is 0.438. The largest absolute Gasteiger partial charge is 0.464 e. The summed E-state index contributed by atoms with van der Waals surface area (Å²) >= 11 is 0. The number of nitrogens with zero attached hydrogens (tertiary/aromatic N) is 3. The normalized spacial score (nSPS) is 21.8. The van der Waals surface area contributed by atoms with Crippen molar-refractivity contribution in [3.8, 4) is 0 Å². The second-order valence-electron chi connectivity index (χ2n) is 5.70. The molecule has 22 heavy (non-hydrogen) atoms. The summed E-state index contributed by atoms with van der Waals surface area (Å²) in [6.07, 6.45) is 6.11. The number of ketones is 1. The molecule has 3 rings (SSSR count). The topological polar surface area (TPSA) is 68.3 Å². The lowest BCUT2D eigenvalue weighted by atomic mass is 10.00. The van der Waals surface area contributed by atoms with Crippen molar-refractivity contribution in [2.24, 2.45) is 5.92 Å². The number of Topliss-reactive ketones (excluding diaryl/α,β-unsaturated/α-hetero) is 1. The average molecular weight is 301 g/mol. The summed E-state index contributed by atoms with van der Waals surface area (Å²) in [4.78, 5) is 29.9. The summed E-state index contributed by atoms with van der Waals surface area (Å²) in [6, 6.07) is 3.42. The van der Waals surface area contributed by atoms with E-state index in [2.05, 4.69) is 4.98 Å². The van der Waals surface area contributed by atoms with Crippen molar-refractivity contribution >= 4 is 11.7 Å². The van der Waals surface area contributed by atoms with Crippen molar-refractivity contribution in [1.82, 2.24) is 14.5 Å². The average Bonchev–Trinajstić information content (AvgIpc) is 3.19. The zero-order valence-electron chi connectivity index (χ0n) is 12.7. The maximum atomic E-state index is 12.2. The fourth-order valence-electron chi connectivity index (χ4n) is 2.97. The lowest BCUT2D eigenvalue weighted by Crippen LogP contribution is -2.31. The minimum Gasteiger partial charge on any atom is -0.464 e. The van der Waals surface area contributed by atoms with Crippen LogP contribution in [0.5, 0.6) is 0 Å². The quantitative estimate of drug-likeness (QED) is 0.792. The fourth-order valence-corrected chi connectivity index (χ4v) is 2.97. The molecule has 1 saturated heterocycles. The Morgan fingerprint density at radius 1 is 1.27 bits per heavy atom. The number of imidazole rings is 1. The van der Waals surface area contributed by atoms with E-state index < -0.39 is 5.91 Å². The van der Waals surface area contributed by atoms with Crippen LogP contribution in [0.25, 0.3) is 0 Å². The summed E-state index contributed by atoms with van der Waals surface area (Å²) in [5.74, 6) is 0.365. The van der Waals surface area contributed by atoms with Crippen LogP contribution in [0.15, 0.2) is 35.3 Å². The van der Waals surface area contributed by atoms with Crippen LogP contribution < -0.4 is 0 Å². The van der Waals surface area contributed by atoms with Crippen LogP contribution >= 0.6 is 0 Å². The van der Waals surface area contributed by atoms with Gasteiger partial charge in [0.1, 0.15) is 17.6 Å². The highest BCUT2D eigenvalue weighted by molar-refractivity contribution is 6.39. The molecule has 0 aromatic carbocycles. The number of hydrogen-bond donors (Lipinski definition) is 0.